The fourth-order valence-corrected chi connectivity index (χ4v) is 9.05. The molecule has 0 amide bonds. The highest BCUT2D eigenvalue weighted by molar-refractivity contribution is 6.14. The maximum Gasteiger partial charge on any atom is 0.128 e. The van der Waals surface area contributed by atoms with Crippen LogP contribution in [0.3, 0.4) is 0 Å². The number of hydrogen-bond acceptors (Lipinski definition) is 3. The number of hydrogen-bond donors (Lipinski definition) is 0. The standard InChI is InChI=1S/C61H53N3O/c1-60(2,3)47-34-45(35-48(39-47)61(4,5)6)46-37-55(63-56(38-46)53-22-12-14-26-58(53)65-7)44-20-15-19-43(33-44)54-36-42(31-32-62-54)50-23-16-24-52-51-21-11-13-25-57(51)64(59(50)52)49-29-27-41(28-30-49)40-17-9-8-10-18-40/h8-39H,1-7H3. The van der Waals surface area contributed by atoms with Crippen molar-refractivity contribution in [1.82, 2.24) is 14.5 Å². The van der Waals surface area contributed by atoms with E-state index >= 15 is 0 Å². The van der Waals surface area contributed by atoms with Gasteiger partial charge < -0.3 is 9.30 Å². The first kappa shape index (κ1) is 41.5. The number of aromatic nitrogens is 3. The van der Waals surface area contributed by atoms with E-state index < -0.39 is 0 Å². The summed E-state index contributed by atoms with van der Waals surface area (Å²) in [4.78, 5) is 10.3. The van der Waals surface area contributed by atoms with Crippen LogP contribution in [0.15, 0.2) is 194 Å². The van der Waals surface area contributed by atoms with E-state index in [-0.39, 0.29) is 10.8 Å². The Hall–Kier alpha value is -7.56. The van der Waals surface area contributed by atoms with Crippen LogP contribution in [-0.2, 0) is 10.8 Å². The first-order chi connectivity index (χ1) is 31.4. The first-order valence-corrected chi connectivity index (χ1v) is 22.5. The summed E-state index contributed by atoms with van der Waals surface area (Å²) in [5, 5.41) is 2.44. The second-order valence-corrected chi connectivity index (χ2v) is 19.1. The molecule has 318 valence electrons. The summed E-state index contributed by atoms with van der Waals surface area (Å²) in [5.41, 5.74) is 18.6. The molecule has 10 aromatic rings. The zero-order valence-corrected chi connectivity index (χ0v) is 38.2. The van der Waals surface area contributed by atoms with Gasteiger partial charge in [0.2, 0.25) is 0 Å². The summed E-state index contributed by atoms with van der Waals surface area (Å²) >= 11 is 0. The molecule has 0 aliphatic carbocycles. The molecule has 7 aromatic carbocycles. The molecule has 10 rings (SSSR count). The monoisotopic (exact) mass is 843 g/mol. The second-order valence-electron chi connectivity index (χ2n) is 19.1. The van der Waals surface area contributed by atoms with Gasteiger partial charge in [-0.3, -0.25) is 4.98 Å². The van der Waals surface area contributed by atoms with Crippen molar-refractivity contribution in [2.75, 3.05) is 7.11 Å². The van der Waals surface area contributed by atoms with E-state index in [0.29, 0.717) is 0 Å². The molecule has 0 N–H and O–H groups in total. The molecule has 0 aliphatic heterocycles. The van der Waals surface area contributed by atoms with Crippen molar-refractivity contribution in [3.05, 3.63) is 205 Å². The van der Waals surface area contributed by atoms with Crippen molar-refractivity contribution < 1.29 is 4.74 Å². The third kappa shape index (κ3) is 8.02. The van der Waals surface area contributed by atoms with E-state index in [4.69, 9.17) is 14.7 Å². The molecular weight excluding hydrogens is 791 g/mol. The predicted octanol–water partition coefficient (Wildman–Crippen LogP) is 16.2. The minimum absolute atomic E-state index is 0.0244. The van der Waals surface area contributed by atoms with E-state index in [1.54, 1.807) is 7.11 Å². The van der Waals surface area contributed by atoms with Crippen LogP contribution >= 0.6 is 0 Å². The number of methoxy groups -OCH3 is 1. The molecular formula is C61H53N3O. The normalized spacial score (nSPS) is 11.9. The van der Waals surface area contributed by atoms with Crippen molar-refractivity contribution in [2.45, 2.75) is 52.4 Å². The Labute approximate surface area is 382 Å². The van der Waals surface area contributed by atoms with Gasteiger partial charge in [-0.05, 0) is 110 Å². The Bertz CT molecular complexity index is 3330. The van der Waals surface area contributed by atoms with Gasteiger partial charge in [0.1, 0.15) is 5.75 Å². The molecule has 4 heteroatoms. The average Bonchev–Trinajstić information content (AvgIpc) is 3.68. The van der Waals surface area contributed by atoms with Crippen LogP contribution in [0.5, 0.6) is 5.75 Å². The van der Waals surface area contributed by atoms with E-state index in [0.717, 1.165) is 61.9 Å². The summed E-state index contributed by atoms with van der Waals surface area (Å²) in [5.74, 6) is 0.787. The molecule has 3 aromatic heterocycles. The quantitative estimate of drug-likeness (QED) is 0.153. The van der Waals surface area contributed by atoms with Crippen molar-refractivity contribution in [3.63, 3.8) is 0 Å². The molecule has 3 heterocycles. The highest BCUT2D eigenvalue weighted by atomic mass is 16.5. The summed E-state index contributed by atoms with van der Waals surface area (Å²) in [6.45, 7) is 13.7. The Morgan fingerprint density at radius 2 is 0.985 bits per heavy atom. The van der Waals surface area contributed by atoms with Crippen LogP contribution in [0.25, 0.3) is 94.6 Å². The van der Waals surface area contributed by atoms with Gasteiger partial charge in [0.15, 0.2) is 0 Å². The maximum absolute atomic E-state index is 5.89. The molecule has 0 aliphatic rings. The molecule has 0 atom stereocenters. The average molecular weight is 844 g/mol. The fraction of sp³-hybridized carbons (Fsp3) is 0.148. The Balaban J connectivity index is 1.10. The minimum Gasteiger partial charge on any atom is -0.496 e. The predicted molar refractivity (Wildman–Crippen MR) is 273 cm³/mol. The molecule has 0 saturated carbocycles. The van der Waals surface area contributed by atoms with Gasteiger partial charge in [0.25, 0.3) is 0 Å². The van der Waals surface area contributed by atoms with E-state index in [9.17, 15) is 0 Å². The molecule has 65 heavy (non-hydrogen) atoms. The van der Waals surface area contributed by atoms with Crippen molar-refractivity contribution >= 4 is 21.8 Å². The van der Waals surface area contributed by atoms with Gasteiger partial charge in [-0.2, -0.15) is 0 Å². The second kappa shape index (κ2) is 16.5. The lowest BCUT2D eigenvalue weighted by atomic mass is 9.79. The van der Waals surface area contributed by atoms with E-state index in [1.165, 1.54) is 49.6 Å². The van der Waals surface area contributed by atoms with Gasteiger partial charge in [-0.1, -0.05) is 169 Å². The van der Waals surface area contributed by atoms with Crippen molar-refractivity contribution in [1.29, 1.82) is 0 Å². The molecule has 0 fully saturated rings. The molecule has 0 saturated heterocycles. The summed E-state index contributed by atoms with van der Waals surface area (Å²) in [6.07, 6.45) is 1.94. The third-order valence-corrected chi connectivity index (χ3v) is 12.7. The number of fused-ring (bicyclic) bond motifs is 3. The van der Waals surface area contributed by atoms with Crippen LogP contribution in [0.4, 0.5) is 0 Å². The maximum atomic E-state index is 5.89. The first-order valence-electron chi connectivity index (χ1n) is 22.5. The van der Waals surface area contributed by atoms with Gasteiger partial charge in [-0.25, -0.2) is 4.98 Å². The number of ether oxygens (including phenoxy) is 1. The van der Waals surface area contributed by atoms with E-state index in [2.05, 4.69) is 216 Å². The van der Waals surface area contributed by atoms with Crippen LogP contribution in [-0.4, -0.2) is 21.6 Å². The zero-order chi connectivity index (χ0) is 44.9. The Morgan fingerprint density at radius 1 is 0.415 bits per heavy atom. The molecule has 0 spiro atoms. The highest BCUT2D eigenvalue weighted by Crippen LogP contribution is 2.41. The summed E-state index contributed by atoms with van der Waals surface area (Å²) in [7, 11) is 1.72. The molecule has 0 bridgehead atoms. The van der Waals surface area contributed by atoms with E-state index in [1.807, 2.05) is 24.4 Å². The van der Waals surface area contributed by atoms with Gasteiger partial charge in [-0.15, -0.1) is 0 Å². The Kier molecular flexibility index (Phi) is 10.5. The van der Waals surface area contributed by atoms with Crippen LogP contribution in [0.1, 0.15) is 52.7 Å². The lowest BCUT2D eigenvalue weighted by Crippen LogP contribution is -2.16. The van der Waals surface area contributed by atoms with Gasteiger partial charge in [0.05, 0.1) is 35.2 Å². The SMILES string of the molecule is COc1ccccc1-c1cc(-c2cc(C(C)(C)C)cc(C(C)(C)C)c2)cc(-c2cccc(-c3cc(-c4cccc5c6ccccc6n(-c6ccc(-c7ccccc7)cc6)c45)ccn3)c2)n1. The number of pyridine rings is 2. The molecule has 0 radical (unpaired) electrons. The summed E-state index contributed by atoms with van der Waals surface area (Å²) < 4.78 is 8.30. The summed E-state index contributed by atoms with van der Waals surface area (Å²) in [6, 6.07) is 67.5. The van der Waals surface area contributed by atoms with Crippen LogP contribution in [0, 0.1) is 0 Å². The van der Waals surface area contributed by atoms with Crippen LogP contribution < -0.4 is 4.74 Å². The fourth-order valence-electron chi connectivity index (χ4n) is 9.05. The minimum atomic E-state index is -0.0244. The van der Waals surface area contributed by atoms with Gasteiger partial charge >= 0.3 is 0 Å². The Morgan fingerprint density at radius 3 is 1.72 bits per heavy atom. The number of para-hydroxylation sites is 3. The lowest BCUT2D eigenvalue weighted by molar-refractivity contribution is 0.416. The van der Waals surface area contributed by atoms with Crippen molar-refractivity contribution in [3.8, 4) is 78.6 Å². The largest absolute Gasteiger partial charge is 0.496 e. The van der Waals surface area contributed by atoms with Crippen LogP contribution in [0.2, 0.25) is 0 Å². The highest BCUT2D eigenvalue weighted by Gasteiger charge is 2.23. The number of nitrogens with zero attached hydrogens (tertiary/aromatic N) is 3. The molecule has 0 unspecified atom stereocenters. The zero-order valence-electron chi connectivity index (χ0n) is 38.2. The third-order valence-electron chi connectivity index (χ3n) is 12.7. The molecule has 4 nitrogen and oxygen atoms in total. The topological polar surface area (TPSA) is 39.9 Å². The van der Waals surface area contributed by atoms with Crippen molar-refractivity contribution in [2.24, 2.45) is 0 Å². The lowest BCUT2D eigenvalue weighted by Gasteiger charge is -2.26. The number of rotatable bonds is 8. The smallest absolute Gasteiger partial charge is 0.128 e. The number of benzene rings is 7. The van der Waals surface area contributed by atoms with Gasteiger partial charge in [0, 0.05) is 44.9 Å².